The lowest BCUT2D eigenvalue weighted by atomic mass is 10.3. The number of carboxylic acids is 1. The zero-order chi connectivity index (χ0) is 12.4. The lowest BCUT2D eigenvalue weighted by Crippen LogP contribution is -1.97. The first kappa shape index (κ1) is 11.7. The maximum Gasteiger partial charge on any atom is 0.328 e. The van der Waals surface area contributed by atoms with Crippen molar-refractivity contribution in [1.29, 1.82) is 0 Å². The quantitative estimate of drug-likeness (QED) is 0.853. The maximum atomic E-state index is 10.5. The normalized spacial score (nSPS) is 11.4. The molecule has 0 bridgehead atoms. The van der Waals surface area contributed by atoms with E-state index in [4.69, 9.17) is 16.7 Å². The number of benzene rings is 1. The predicted octanol–water partition coefficient (Wildman–Crippen LogP) is 2.81. The summed E-state index contributed by atoms with van der Waals surface area (Å²) in [6.45, 7) is 2.70. The van der Waals surface area contributed by atoms with E-state index in [0.29, 0.717) is 10.8 Å². The fraction of sp³-hybridized carbons (Fsp3) is 0.167. The largest absolute Gasteiger partial charge is 0.478 e. The van der Waals surface area contributed by atoms with Crippen molar-refractivity contribution in [3.63, 3.8) is 0 Å². The smallest absolute Gasteiger partial charge is 0.328 e. The predicted molar refractivity (Wildman–Crippen MR) is 67.1 cm³/mol. The Labute approximate surface area is 103 Å². The Bertz CT molecular complexity index is 602. The molecule has 0 saturated heterocycles. The van der Waals surface area contributed by atoms with Gasteiger partial charge in [0, 0.05) is 17.6 Å². The van der Waals surface area contributed by atoms with Crippen LogP contribution >= 0.6 is 11.6 Å². The number of halogens is 1. The van der Waals surface area contributed by atoms with Gasteiger partial charge in [-0.05, 0) is 31.2 Å². The van der Waals surface area contributed by atoms with E-state index < -0.39 is 5.97 Å². The molecule has 5 heteroatoms. The van der Waals surface area contributed by atoms with Crippen LogP contribution in [0, 0.1) is 0 Å². The van der Waals surface area contributed by atoms with E-state index in [1.54, 1.807) is 12.1 Å². The molecule has 1 aromatic heterocycles. The Morgan fingerprint density at radius 3 is 3.00 bits per heavy atom. The van der Waals surface area contributed by atoms with Crippen LogP contribution in [0.5, 0.6) is 0 Å². The molecule has 0 aliphatic rings. The lowest BCUT2D eigenvalue weighted by Gasteiger charge is -2.01. The van der Waals surface area contributed by atoms with Crippen molar-refractivity contribution in [2.24, 2.45) is 0 Å². The highest BCUT2D eigenvalue weighted by Crippen LogP contribution is 2.21. The molecule has 1 heterocycles. The molecule has 1 N–H and O–H groups in total. The third-order valence-corrected chi connectivity index (χ3v) is 2.67. The number of rotatable bonds is 3. The number of aryl methyl sites for hydroxylation is 1. The maximum absolute atomic E-state index is 10.5. The van der Waals surface area contributed by atoms with Crippen LogP contribution in [0.4, 0.5) is 0 Å². The van der Waals surface area contributed by atoms with E-state index in [9.17, 15) is 4.79 Å². The number of carbonyl (C=O) groups is 1. The molecule has 0 saturated carbocycles. The monoisotopic (exact) mass is 250 g/mol. The minimum absolute atomic E-state index is 0.618. The SMILES string of the molecule is CCn1c(/C=C/C(=O)O)nc2cc(Cl)ccc21. The molecule has 0 radical (unpaired) electrons. The molecule has 1 aromatic carbocycles. The van der Waals surface area contributed by atoms with Crippen molar-refractivity contribution >= 4 is 34.7 Å². The topological polar surface area (TPSA) is 55.1 Å². The first-order valence-corrected chi connectivity index (χ1v) is 5.56. The van der Waals surface area contributed by atoms with Crippen LogP contribution < -0.4 is 0 Å². The first-order chi connectivity index (χ1) is 8.11. The second-order valence-electron chi connectivity index (χ2n) is 3.52. The van der Waals surface area contributed by atoms with Crippen LogP contribution in [-0.4, -0.2) is 20.6 Å². The van der Waals surface area contributed by atoms with Crippen LogP contribution in [0.3, 0.4) is 0 Å². The average molecular weight is 251 g/mol. The van der Waals surface area contributed by atoms with Gasteiger partial charge in [-0.1, -0.05) is 11.6 Å². The van der Waals surface area contributed by atoms with Gasteiger partial charge in [0.25, 0.3) is 0 Å². The summed E-state index contributed by atoms with van der Waals surface area (Å²) < 4.78 is 1.94. The number of aromatic nitrogens is 2. The number of fused-ring (bicyclic) bond motifs is 1. The van der Waals surface area contributed by atoms with Gasteiger partial charge in [-0.15, -0.1) is 0 Å². The van der Waals surface area contributed by atoms with Gasteiger partial charge >= 0.3 is 5.97 Å². The molecular formula is C12H11ClN2O2. The van der Waals surface area contributed by atoms with E-state index in [-0.39, 0.29) is 0 Å². The second-order valence-corrected chi connectivity index (χ2v) is 3.96. The molecule has 0 amide bonds. The second kappa shape index (κ2) is 4.59. The zero-order valence-corrected chi connectivity index (χ0v) is 9.98. The van der Waals surface area contributed by atoms with Gasteiger partial charge in [0.1, 0.15) is 5.82 Å². The molecule has 0 unspecified atom stereocenters. The molecule has 17 heavy (non-hydrogen) atoms. The summed E-state index contributed by atoms with van der Waals surface area (Å²) in [5.74, 6) is -0.370. The zero-order valence-electron chi connectivity index (χ0n) is 9.22. The van der Waals surface area contributed by atoms with Gasteiger partial charge in [0.2, 0.25) is 0 Å². The number of hydrogen-bond donors (Lipinski definition) is 1. The van der Waals surface area contributed by atoms with E-state index in [1.807, 2.05) is 17.6 Å². The van der Waals surface area contributed by atoms with E-state index in [1.165, 1.54) is 6.08 Å². The third-order valence-electron chi connectivity index (χ3n) is 2.43. The highest BCUT2D eigenvalue weighted by molar-refractivity contribution is 6.31. The molecule has 0 atom stereocenters. The van der Waals surface area contributed by atoms with Crippen LogP contribution in [0.2, 0.25) is 5.02 Å². The van der Waals surface area contributed by atoms with Crippen LogP contribution in [0.1, 0.15) is 12.7 Å². The molecule has 2 rings (SSSR count). The number of nitrogens with zero attached hydrogens (tertiary/aromatic N) is 2. The summed E-state index contributed by atoms with van der Waals surface area (Å²) in [5, 5.41) is 9.23. The van der Waals surface area contributed by atoms with Gasteiger partial charge in [-0.3, -0.25) is 0 Å². The summed E-state index contributed by atoms with van der Waals surface area (Å²) in [7, 11) is 0. The van der Waals surface area contributed by atoms with Crippen molar-refractivity contribution in [3.05, 3.63) is 35.1 Å². The number of carboxylic acid groups (broad SMARTS) is 1. The van der Waals surface area contributed by atoms with Crippen molar-refractivity contribution in [2.45, 2.75) is 13.5 Å². The molecular weight excluding hydrogens is 240 g/mol. The average Bonchev–Trinajstić information content (AvgIpc) is 2.62. The van der Waals surface area contributed by atoms with Gasteiger partial charge < -0.3 is 9.67 Å². The highest BCUT2D eigenvalue weighted by atomic mass is 35.5. The highest BCUT2D eigenvalue weighted by Gasteiger charge is 2.07. The minimum atomic E-state index is -0.988. The Morgan fingerprint density at radius 1 is 1.59 bits per heavy atom. The van der Waals surface area contributed by atoms with Crippen LogP contribution in [0.15, 0.2) is 24.3 Å². The Kier molecular flexibility index (Phi) is 3.15. The molecule has 4 nitrogen and oxygen atoms in total. The van der Waals surface area contributed by atoms with Gasteiger partial charge in [-0.25, -0.2) is 9.78 Å². The van der Waals surface area contributed by atoms with Crippen molar-refractivity contribution < 1.29 is 9.90 Å². The van der Waals surface area contributed by atoms with Gasteiger partial charge in [0.15, 0.2) is 0 Å². The summed E-state index contributed by atoms with van der Waals surface area (Å²) in [6.07, 6.45) is 2.56. The minimum Gasteiger partial charge on any atom is -0.478 e. The lowest BCUT2D eigenvalue weighted by molar-refractivity contribution is -0.131. The van der Waals surface area contributed by atoms with Crippen molar-refractivity contribution in [2.75, 3.05) is 0 Å². The summed E-state index contributed by atoms with van der Waals surface area (Å²) in [5.41, 5.74) is 1.71. The third kappa shape index (κ3) is 2.31. The summed E-state index contributed by atoms with van der Waals surface area (Å²) >= 11 is 5.89. The molecule has 0 fully saturated rings. The fourth-order valence-corrected chi connectivity index (χ4v) is 1.89. The molecule has 0 aliphatic carbocycles. The summed E-state index contributed by atoms with van der Waals surface area (Å²) in [4.78, 5) is 14.8. The van der Waals surface area contributed by atoms with E-state index >= 15 is 0 Å². The van der Waals surface area contributed by atoms with E-state index in [2.05, 4.69) is 4.98 Å². The van der Waals surface area contributed by atoms with Crippen molar-refractivity contribution in [1.82, 2.24) is 9.55 Å². The molecule has 0 aliphatic heterocycles. The van der Waals surface area contributed by atoms with Crippen molar-refractivity contribution in [3.8, 4) is 0 Å². The molecule has 88 valence electrons. The van der Waals surface area contributed by atoms with Crippen LogP contribution in [-0.2, 0) is 11.3 Å². The summed E-state index contributed by atoms with van der Waals surface area (Å²) in [6, 6.07) is 5.44. The Morgan fingerprint density at radius 2 is 2.35 bits per heavy atom. The van der Waals surface area contributed by atoms with Gasteiger partial charge in [-0.2, -0.15) is 0 Å². The first-order valence-electron chi connectivity index (χ1n) is 5.18. The fourth-order valence-electron chi connectivity index (χ4n) is 1.73. The number of aliphatic carboxylic acids is 1. The molecule has 0 spiro atoms. The Balaban J connectivity index is 2.59. The molecule has 2 aromatic rings. The number of imidazole rings is 1. The van der Waals surface area contributed by atoms with Gasteiger partial charge in [0.05, 0.1) is 11.0 Å². The van der Waals surface area contributed by atoms with E-state index in [0.717, 1.165) is 23.7 Å². The number of hydrogen-bond acceptors (Lipinski definition) is 2. The van der Waals surface area contributed by atoms with Crippen LogP contribution in [0.25, 0.3) is 17.1 Å². The standard InChI is InChI=1S/C12H11ClN2O2/c1-2-15-10-4-3-8(13)7-9(10)14-11(15)5-6-12(16)17/h3-7H,2H2,1H3,(H,16,17)/b6-5+. The Hall–Kier alpha value is -1.81.